The minimum atomic E-state index is 1.04. The van der Waals surface area contributed by atoms with E-state index < -0.39 is 0 Å². The Balaban J connectivity index is 2.05. The molecule has 0 spiro atoms. The zero-order chi connectivity index (χ0) is 10.1. The predicted octanol–water partition coefficient (Wildman–Crippen LogP) is 2.18. The quantitative estimate of drug-likeness (QED) is 0.549. The summed E-state index contributed by atoms with van der Waals surface area (Å²) in [6.07, 6.45) is 10.2. The van der Waals surface area contributed by atoms with E-state index in [1.165, 1.54) is 5.56 Å². The topological polar surface area (TPSA) is 24.9 Å². The Morgan fingerprint density at radius 2 is 2.07 bits per heavy atom. The van der Waals surface area contributed by atoms with Gasteiger partial charge in [-0.25, -0.2) is 0 Å². The molecule has 0 aliphatic carbocycles. The number of pyridine rings is 1. The third-order valence-corrected chi connectivity index (χ3v) is 2.06. The second-order valence-electron chi connectivity index (χ2n) is 3.21. The molecule has 0 fully saturated rings. The van der Waals surface area contributed by atoms with E-state index in [1.54, 1.807) is 0 Å². The molecule has 0 saturated carbocycles. The maximum absolute atomic E-state index is 3.98. The van der Waals surface area contributed by atoms with Crippen LogP contribution in [0.15, 0.2) is 36.7 Å². The summed E-state index contributed by atoms with van der Waals surface area (Å²) in [5, 5.41) is 3.40. The van der Waals surface area contributed by atoms with Gasteiger partial charge in [0.15, 0.2) is 0 Å². The van der Waals surface area contributed by atoms with Crippen molar-refractivity contribution in [2.24, 2.45) is 0 Å². The summed E-state index contributed by atoms with van der Waals surface area (Å²) >= 11 is 0. The summed E-state index contributed by atoms with van der Waals surface area (Å²) in [6.45, 7) is 4.16. The first kappa shape index (κ1) is 10.9. The first-order valence-electron chi connectivity index (χ1n) is 5.14. The van der Waals surface area contributed by atoms with E-state index in [0.717, 1.165) is 25.9 Å². The Bertz CT molecular complexity index is 254. The fraction of sp³-hybridized carbons (Fsp3) is 0.417. The van der Waals surface area contributed by atoms with Gasteiger partial charge in [-0.2, -0.15) is 0 Å². The number of nitrogens with zero attached hydrogens (tertiary/aromatic N) is 1. The third-order valence-electron chi connectivity index (χ3n) is 2.06. The fourth-order valence-electron chi connectivity index (χ4n) is 1.26. The molecule has 0 aromatic carbocycles. The first-order valence-corrected chi connectivity index (χ1v) is 5.14. The molecule has 0 atom stereocenters. The van der Waals surface area contributed by atoms with Crippen LogP contribution in [0.4, 0.5) is 0 Å². The predicted molar refractivity (Wildman–Crippen MR) is 60.2 cm³/mol. The van der Waals surface area contributed by atoms with E-state index in [1.807, 2.05) is 12.4 Å². The van der Waals surface area contributed by atoms with E-state index in [9.17, 15) is 0 Å². The van der Waals surface area contributed by atoms with E-state index in [0.29, 0.717) is 0 Å². The van der Waals surface area contributed by atoms with Crippen LogP contribution in [0.1, 0.15) is 18.9 Å². The summed E-state index contributed by atoms with van der Waals surface area (Å²) in [6, 6.07) is 4.13. The van der Waals surface area contributed by atoms with Crippen LogP contribution >= 0.6 is 0 Å². The number of aromatic nitrogens is 1. The number of allylic oxidation sites excluding steroid dienone is 1. The lowest BCUT2D eigenvalue weighted by Crippen LogP contribution is -2.17. The van der Waals surface area contributed by atoms with Crippen molar-refractivity contribution in [1.82, 2.24) is 10.3 Å². The van der Waals surface area contributed by atoms with Gasteiger partial charge in [-0.15, -0.1) is 0 Å². The van der Waals surface area contributed by atoms with E-state index in [4.69, 9.17) is 0 Å². The van der Waals surface area contributed by atoms with Gasteiger partial charge in [0.2, 0.25) is 0 Å². The van der Waals surface area contributed by atoms with Gasteiger partial charge >= 0.3 is 0 Å². The highest BCUT2D eigenvalue weighted by atomic mass is 14.8. The van der Waals surface area contributed by atoms with Gasteiger partial charge in [-0.1, -0.05) is 12.2 Å². The molecule has 0 bridgehead atoms. The second-order valence-corrected chi connectivity index (χ2v) is 3.21. The van der Waals surface area contributed by atoms with Gasteiger partial charge in [0.05, 0.1) is 0 Å². The zero-order valence-electron chi connectivity index (χ0n) is 8.74. The van der Waals surface area contributed by atoms with Gasteiger partial charge in [-0.05, 0) is 50.6 Å². The molecule has 0 aliphatic rings. The highest BCUT2D eigenvalue weighted by Gasteiger charge is 1.90. The minimum absolute atomic E-state index is 1.04. The van der Waals surface area contributed by atoms with Crippen LogP contribution in [0.2, 0.25) is 0 Å². The lowest BCUT2D eigenvalue weighted by molar-refractivity contribution is 0.688. The maximum Gasteiger partial charge on any atom is 0.0270 e. The Hall–Kier alpha value is -1.15. The normalized spacial score (nSPS) is 10.9. The van der Waals surface area contributed by atoms with Crippen LogP contribution < -0.4 is 5.32 Å². The van der Waals surface area contributed by atoms with Crippen molar-refractivity contribution >= 4 is 0 Å². The molecule has 1 heterocycles. The number of nitrogens with one attached hydrogen (secondary N) is 1. The smallest absolute Gasteiger partial charge is 0.0270 e. The number of hydrogen-bond donors (Lipinski definition) is 1. The van der Waals surface area contributed by atoms with Gasteiger partial charge in [-0.3, -0.25) is 4.98 Å². The first-order chi connectivity index (χ1) is 6.93. The molecule has 0 amide bonds. The van der Waals surface area contributed by atoms with Crippen LogP contribution in [0, 0.1) is 0 Å². The Kier molecular flexibility index (Phi) is 5.68. The lowest BCUT2D eigenvalue weighted by Gasteiger charge is -2.02. The average Bonchev–Trinajstić information content (AvgIpc) is 2.25. The van der Waals surface area contributed by atoms with Gasteiger partial charge in [0.25, 0.3) is 0 Å². The monoisotopic (exact) mass is 190 g/mol. The summed E-state index contributed by atoms with van der Waals surface area (Å²) in [7, 11) is 0. The molecule has 0 unspecified atom stereocenters. The lowest BCUT2D eigenvalue weighted by atomic mass is 10.2. The molecule has 0 radical (unpaired) electrons. The molecular weight excluding hydrogens is 172 g/mol. The Labute approximate surface area is 86.1 Å². The van der Waals surface area contributed by atoms with Crippen LogP contribution in [0.5, 0.6) is 0 Å². The molecule has 1 N–H and O–H groups in total. The molecule has 0 aliphatic heterocycles. The molecule has 1 aromatic rings. The van der Waals surface area contributed by atoms with Crippen LogP contribution in [0.3, 0.4) is 0 Å². The van der Waals surface area contributed by atoms with E-state index in [-0.39, 0.29) is 0 Å². The third kappa shape index (κ3) is 4.77. The van der Waals surface area contributed by atoms with Crippen molar-refractivity contribution in [3.05, 3.63) is 42.2 Å². The summed E-state index contributed by atoms with van der Waals surface area (Å²) in [5.74, 6) is 0. The van der Waals surface area contributed by atoms with Crippen LogP contribution in [-0.2, 0) is 6.42 Å². The van der Waals surface area contributed by atoms with Gasteiger partial charge in [0, 0.05) is 12.4 Å². The number of rotatable bonds is 6. The number of hydrogen-bond acceptors (Lipinski definition) is 2. The summed E-state index contributed by atoms with van der Waals surface area (Å²) in [5.41, 5.74) is 1.35. The molecule has 76 valence electrons. The van der Waals surface area contributed by atoms with Crippen molar-refractivity contribution in [2.75, 3.05) is 13.1 Å². The molecule has 2 nitrogen and oxygen atoms in total. The Morgan fingerprint density at radius 3 is 2.79 bits per heavy atom. The molecule has 14 heavy (non-hydrogen) atoms. The fourth-order valence-corrected chi connectivity index (χ4v) is 1.26. The largest absolute Gasteiger partial charge is 0.316 e. The minimum Gasteiger partial charge on any atom is -0.316 e. The van der Waals surface area contributed by atoms with Gasteiger partial charge in [0.1, 0.15) is 0 Å². The van der Waals surface area contributed by atoms with Crippen molar-refractivity contribution < 1.29 is 0 Å². The molecule has 2 heteroatoms. The molecule has 1 aromatic heterocycles. The van der Waals surface area contributed by atoms with Crippen molar-refractivity contribution in [3.63, 3.8) is 0 Å². The van der Waals surface area contributed by atoms with E-state index in [2.05, 4.69) is 41.5 Å². The van der Waals surface area contributed by atoms with Crippen molar-refractivity contribution in [3.8, 4) is 0 Å². The zero-order valence-corrected chi connectivity index (χ0v) is 8.74. The average molecular weight is 190 g/mol. The SMILES string of the molecule is C/C=C/CCNCCc1ccncc1. The van der Waals surface area contributed by atoms with Crippen molar-refractivity contribution in [1.29, 1.82) is 0 Å². The van der Waals surface area contributed by atoms with Crippen molar-refractivity contribution in [2.45, 2.75) is 19.8 Å². The molecular formula is C12H18N2. The highest BCUT2D eigenvalue weighted by Crippen LogP contribution is 1.95. The van der Waals surface area contributed by atoms with Crippen LogP contribution in [-0.4, -0.2) is 18.1 Å². The molecule has 0 saturated heterocycles. The second kappa shape index (κ2) is 7.27. The highest BCUT2D eigenvalue weighted by molar-refractivity contribution is 5.09. The molecule has 1 rings (SSSR count). The van der Waals surface area contributed by atoms with E-state index >= 15 is 0 Å². The maximum atomic E-state index is 3.98. The summed E-state index contributed by atoms with van der Waals surface area (Å²) in [4.78, 5) is 3.98. The standard InChI is InChI=1S/C12H18N2/c1-2-3-4-8-13-9-5-12-6-10-14-11-7-12/h2-3,6-7,10-11,13H,4-5,8-9H2,1H3/b3-2+. The Morgan fingerprint density at radius 1 is 1.29 bits per heavy atom. The van der Waals surface area contributed by atoms with Gasteiger partial charge < -0.3 is 5.32 Å². The summed E-state index contributed by atoms with van der Waals surface area (Å²) < 4.78 is 0. The van der Waals surface area contributed by atoms with Crippen LogP contribution in [0.25, 0.3) is 0 Å².